The average molecular weight is 468 g/mol. The van der Waals surface area contributed by atoms with Crippen LogP contribution in [0.5, 0.6) is 0 Å². The van der Waals surface area contributed by atoms with Crippen LogP contribution < -0.4 is 10.2 Å². The van der Waals surface area contributed by atoms with Gasteiger partial charge in [0.05, 0.1) is 56.1 Å². The van der Waals surface area contributed by atoms with E-state index in [1.54, 1.807) is 6.20 Å². The molecule has 8 heteroatoms. The zero-order valence-corrected chi connectivity index (χ0v) is 20.0. The highest BCUT2D eigenvalue weighted by atomic mass is 16.6. The van der Waals surface area contributed by atoms with Gasteiger partial charge in [0, 0.05) is 11.8 Å². The lowest BCUT2D eigenvalue weighted by atomic mass is 10.0. The van der Waals surface area contributed by atoms with E-state index in [1.165, 1.54) is 0 Å². The monoisotopic (exact) mass is 467 g/mol. The predicted molar refractivity (Wildman–Crippen MR) is 128 cm³/mol. The van der Waals surface area contributed by atoms with E-state index < -0.39 is 6.10 Å². The molecule has 0 spiro atoms. The van der Waals surface area contributed by atoms with Crippen LogP contribution in [0.2, 0.25) is 0 Å². The minimum absolute atomic E-state index is 0.0311. The molecular weight excluding hydrogens is 434 g/mol. The molecule has 2 aromatic rings. The number of hydrogen-bond acceptors (Lipinski definition) is 7. The summed E-state index contributed by atoms with van der Waals surface area (Å²) in [4.78, 5) is 20.1. The minimum atomic E-state index is -0.505. The number of ether oxygens (including phenoxy) is 4. The first-order valence-electron chi connectivity index (χ1n) is 12.2. The van der Waals surface area contributed by atoms with Gasteiger partial charge in [-0.1, -0.05) is 12.1 Å². The highest BCUT2D eigenvalue weighted by molar-refractivity contribution is 6.01. The normalized spacial score (nSPS) is 26.9. The van der Waals surface area contributed by atoms with Gasteiger partial charge in [-0.25, -0.2) is 4.98 Å². The molecule has 182 valence electrons. The van der Waals surface area contributed by atoms with Crippen molar-refractivity contribution in [3.63, 3.8) is 0 Å². The van der Waals surface area contributed by atoms with Gasteiger partial charge in [0.2, 0.25) is 0 Å². The summed E-state index contributed by atoms with van der Waals surface area (Å²) in [7, 11) is 0. The predicted octanol–water partition coefficient (Wildman–Crippen LogP) is 4.12. The summed E-state index contributed by atoms with van der Waals surface area (Å²) in [6.45, 7) is 8.04. The Morgan fingerprint density at radius 2 is 2.03 bits per heavy atom. The Hall–Kier alpha value is -2.52. The number of pyridine rings is 1. The second-order valence-corrected chi connectivity index (χ2v) is 9.41. The smallest absolute Gasteiger partial charge is 0.256 e. The molecule has 3 aliphatic rings. The second kappa shape index (κ2) is 10.00. The first-order valence-corrected chi connectivity index (χ1v) is 12.2. The number of benzene rings is 1. The summed E-state index contributed by atoms with van der Waals surface area (Å²) in [6.07, 6.45) is 2.61. The molecule has 1 amide bonds. The van der Waals surface area contributed by atoms with Crippen LogP contribution in [0.4, 0.5) is 17.2 Å². The molecule has 0 bridgehead atoms. The van der Waals surface area contributed by atoms with Crippen LogP contribution >= 0.6 is 0 Å². The highest BCUT2D eigenvalue weighted by Gasteiger charge is 2.35. The van der Waals surface area contributed by atoms with Gasteiger partial charge in [0.15, 0.2) is 0 Å². The summed E-state index contributed by atoms with van der Waals surface area (Å²) < 4.78 is 23.7. The van der Waals surface area contributed by atoms with Crippen LogP contribution in [0.1, 0.15) is 50.8 Å². The summed E-state index contributed by atoms with van der Waals surface area (Å²) in [6, 6.07) is 9.95. The number of carbonyl (C=O) groups is 1. The number of fused-ring (bicyclic) bond motifs is 2. The van der Waals surface area contributed by atoms with Crippen LogP contribution in [-0.2, 0) is 30.3 Å². The number of rotatable bonds is 4. The fourth-order valence-corrected chi connectivity index (χ4v) is 4.90. The molecule has 2 saturated heterocycles. The van der Waals surface area contributed by atoms with Crippen molar-refractivity contribution in [1.82, 2.24) is 4.98 Å². The first-order chi connectivity index (χ1) is 16.5. The van der Waals surface area contributed by atoms with E-state index in [2.05, 4.69) is 10.3 Å². The van der Waals surface area contributed by atoms with Crippen LogP contribution in [-0.4, -0.2) is 55.1 Å². The van der Waals surface area contributed by atoms with Crippen molar-refractivity contribution in [3.8, 4) is 0 Å². The van der Waals surface area contributed by atoms with Crippen LogP contribution in [0.3, 0.4) is 0 Å². The van der Waals surface area contributed by atoms with Crippen LogP contribution in [0, 0.1) is 0 Å². The average Bonchev–Trinajstić information content (AvgIpc) is 3.00. The Balaban J connectivity index is 1.45. The number of hydrogen-bond donors (Lipinski definition) is 1. The summed E-state index contributed by atoms with van der Waals surface area (Å²) in [5.74, 6) is 0.709. The van der Waals surface area contributed by atoms with Crippen molar-refractivity contribution in [3.05, 3.63) is 47.7 Å². The van der Waals surface area contributed by atoms with Gasteiger partial charge in [0.1, 0.15) is 18.0 Å². The third-order valence-corrected chi connectivity index (χ3v) is 6.54. The lowest BCUT2D eigenvalue weighted by Crippen LogP contribution is -2.44. The van der Waals surface area contributed by atoms with Gasteiger partial charge in [-0.15, -0.1) is 0 Å². The number of nitrogens with zero attached hydrogens (tertiary/aromatic N) is 2. The maximum absolute atomic E-state index is 13.8. The molecule has 8 nitrogen and oxygen atoms in total. The second-order valence-electron chi connectivity index (χ2n) is 9.41. The lowest BCUT2D eigenvalue weighted by molar-refractivity contribution is -0.143. The molecule has 1 aromatic carbocycles. The van der Waals surface area contributed by atoms with Gasteiger partial charge >= 0.3 is 0 Å². The van der Waals surface area contributed by atoms with Crippen molar-refractivity contribution < 1.29 is 23.7 Å². The van der Waals surface area contributed by atoms with E-state index in [1.807, 2.05) is 56.0 Å². The largest absolute Gasteiger partial charge is 0.373 e. The van der Waals surface area contributed by atoms with E-state index in [0.29, 0.717) is 32.8 Å². The van der Waals surface area contributed by atoms with E-state index >= 15 is 0 Å². The molecule has 4 heterocycles. The topological polar surface area (TPSA) is 82.2 Å². The number of nitrogens with one attached hydrogen (secondary N) is 1. The Kier molecular flexibility index (Phi) is 6.83. The molecule has 0 aliphatic carbocycles. The van der Waals surface area contributed by atoms with E-state index in [4.69, 9.17) is 18.9 Å². The van der Waals surface area contributed by atoms with Crippen molar-refractivity contribution in [2.75, 3.05) is 30.0 Å². The van der Waals surface area contributed by atoms with E-state index in [9.17, 15) is 4.79 Å². The van der Waals surface area contributed by atoms with Crippen molar-refractivity contribution in [2.24, 2.45) is 0 Å². The molecule has 2 fully saturated rings. The Bertz CT molecular complexity index is 1020. The molecule has 3 aliphatic heterocycles. The molecule has 0 radical (unpaired) electrons. The quantitative estimate of drug-likeness (QED) is 0.724. The maximum Gasteiger partial charge on any atom is 0.256 e. The summed E-state index contributed by atoms with van der Waals surface area (Å²) >= 11 is 0. The molecule has 4 atom stereocenters. The molecule has 34 heavy (non-hydrogen) atoms. The highest BCUT2D eigenvalue weighted by Crippen LogP contribution is 2.39. The zero-order valence-electron chi connectivity index (χ0n) is 20.0. The van der Waals surface area contributed by atoms with Crippen molar-refractivity contribution >= 4 is 23.1 Å². The fourth-order valence-electron chi connectivity index (χ4n) is 4.90. The first kappa shape index (κ1) is 23.2. The van der Waals surface area contributed by atoms with Gasteiger partial charge in [0.25, 0.3) is 5.91 Å². The molecule has 0 saturated carbocycles. The summed E-state index contributed by atoms with van der Waals surface area (Å²) in [5.41, 5.74) is 3.57. The number of carbonyl (C=O) groups excluding carboxylic acids is 1. The van der Waals surface area contributed by atoms with Gasteiger partial charge < -0.3 is 29.2 Å². The molecule has 5 rings (SSSR count). The van der Waals surface area contributed by atoms with Gasteiger partial charge in [-0.2, -0.15) is 0 Å². The van der Waals surface area contributed by atoms with Crippen LogP contribution in [0.25, 0.3) is 0 Å². The maximum atomic E-state index is 13.8. The van der Waals surface area contributed by atoms with E-state index in [0.717, 1.165) is 34.7 Å². The molecular formula is C26H33N3O5. The Morgan fingerprint density at radius 1 is 1.18 bits per heavy atom. The lowest BCUT2D eigenvalue weighted by Gasteiger charge is -2.34. The van der Waals surface area contributed by atoms with Crippen LogP contribution in [0.15, 0.2) is 36.5 Å². The number of aromatic nitrogens is 1. The fraction of sp³-hybridized carbons (Fsp3) is 0.538. The summed E-state index contributed by atoms with van der Waals surface area (Å²) in [5, 5.41) is 3.42. The molecule has 1 N–H and O–H groups in total. The zero-order chi connectivity index (χ0) is 23.7. The molecule has 2 unspecified atom stereocenters. The van der Waals surface area contributed by atoms with E-state index in [-0.39, 0.29) is 30.3 Å². The van der Waals surface area contributed by atoms with Gasteiger partial charge in [-0.3, -0.25) is 4.79 Å². The third kappa shape index (κ3) is 4.81. The Labute approximate surface area is 200 Å². The Morgan fingerprint density at radius 3 is 2.79 bits per heavy atom. The SMILES string of the molecule is CC(C)O[C@H]1CC[C@H](C(=O)N2Cc3cccnc3Nc3ccc(C4OCCOC4C)cc32)OC1. The molecule has 1 aromatic heterocycles. The van der Waals surface area contributed by atoms with Crippen molar-refractivity contribution in [1.29, 1.82) is 0 Å². The number of anilines is 3. The van der Waals surface area contributed by atoms with Gasteiger partial charge in [-0.05, 0) is 57.4 Å². The standard InChI is InChI=1S/C26H33N3O5/c1-16(2)34-20-7-9-23(33-15-20)26(30)29-14-19-5-4-10-27-25(19)28-21-8-6-18(13-22(21)29)24-17(3)31-11-12-32-24/h4-6,8,10,13,16-17,20,23-24H,7,9,11-12,14-15H2,1-3H3,(H,27,28)/t17?,20-,23+,24?/m0/s1. The number of amides is 1. The van der Waals surface area contributed by atoms with Crippen molar-refractivity contribution in [2.45, 2.75) is 70.7 Å². The third-order valence-electron chi connectivity index (χ3n) is 6.54. The minimum Gasteiger partial charge on any atom is -0.373 e.